The monoisotopic (exact) mass is 351 g/mol. The van der Waals surface area contributed by atoms with Crippen LogP contribution in [0.5, 0.6) is 0 Å². The summed E-state index contributed by atoms with van der Waals surface area (Å²) in [7, 11) is 1.64. The Kier molecular flexibility index (Phi) is 4.06. The molecule has 26 heavy (non-hydrogen) atoms. The number of aryl methyl sites for hydroxylation is 2. The van der Waals surface area contributed by atoms with Crippen molar-refractivity contribution in [2.24, 2.45) is 7.05 Å². The molecule has 134 valence electrons. The maximum absolute atomic E-state index is 12.7. The topological polar surface area (TPSA) is 73.0 Å². The molecular formula is C19H21N5O2. The number of hydrogen-bond donors (Lipinski definition) is 0. The van der Waals surface area contributed by atoms with Crippen molar-refractivity contribution in [2.45, 2.75) is 26.2 Å². The van der Waals surface area contributed by atoms with Crippen LogP contribution in [0.4, 0.5) is 4.79 Å². The number of nitrogens with zero attached hydrogens (tertiary/aromatic N) is 5. The summed E-state index contributed by atoms with van der Waals surface area (Å²) in [4.78, 5) is 36.0. The van der Waals surface area contributed by atoms with E-state index in [4.69, 9.17) is 0 Å². The third kappa shape index (κ3) is 2.69. The zero-order chi connectivity index (χ0) is 18.3. The number of rotatable bonds is 2. The zero-order valence-electron chi connectivity index (χ0n) is 15.0. The molecule has 4 rings (SSSR count). The molecule has 0 unspecified atom stereocenters. The van der Waals surface area contributed by atoms with Crippen molar-refractivity contribution in [3.63, 3.8) is 0 Å². The minimum atomic E-state index is -0.376. The van der Waals surface area contributed by atoms with E-state index < -0.39 is 0 Å². The van der Waals surface area contributed by atoms with Crippen LogP contribution in [-0.2, 0) is 13.5 Å². The summed E-state index contributed by atoms with van der Waals surface area (Å²) in [5.74, 6) is 0.633. The molecule has 0 radical (unpaired) electrons. The molecule has 3 heterocycles. The Labute approximate surface area is 150 Å². The number of likely N-dealkylation sites (tertiary alicyclic amines) is 1. The van der Waals surface area contributed by atoms with Crippen LogP contribution >= 0.6 is 0 Å². The maximum Gasteiger partial charge on any atom is 0.338 e. The molecule has 7 nitrogen and oxygen atoms in total. The van der Waals surface area contributed by atoms with Gasteiger partial charge in [0, 0.05) is 26.6 Å². The minimum Gasteiger partial charge on any atom is -0.324 e. The Hall–Kier alpha value is -2.96. The van der Waals surface area contributed by atoms with Crippen molar-refractivity contribution in [1.82, 2.24) is 24.0 Å². The predicted octanol–water partition coefficient (Wildman–Crippen LogP) is 2.09. The first kappa shape index (κ1) is 16.5. The second kappa shape index (κ2) is 6.40. The van der Waals surface area contributed by atoms with Crippen LogP contribution in [0.3, 0.4) is 0 Å². The highest BCUT2D eigenvalue weighted by molar-refractivity contribution is 5.87. The van der Waals surface area contributed by atoms with Gasteiger partial charge in [-0.05, 0) is 30.9 Å². The van der Waals surface area contributed by atoms with Gasteiger partial charge in [-0.25, -0.2) is 24.1 Å². The van der Waals surface area contributed by atoms with Gasteiger partial charge in [-0.2, -0.15) is 0 Å². The van der Waals surface area contributed by atoms with E-state index in [0.29, 0.717) is 36.5 Å². The van der Waals surface area contributed by atoms with Crippen LogP contribution in [0.1, 0.15) is 29.8 Å². The summed E-state index contributed by atoms with van der Waals surface area (Å²) in [5, 5.41) is 0. The number of amides is 1. The largest absolute Gasteiger partial charge is 0.338 e. The molecule has 3 aromatic rings. The fourth-order valence-corrected chi connectivity index (χ4v) is 3.45. The summed E-state index contributed by atoms with van der Waals surface area (Å²) >= 11 is 0. The smallest absolute Gasteiger partial charge is 0.324 e. The third-order valence-corrected chi connectivity index (χ3v) is 5.01. The number of benzene rings is 1. The first-order chi connectivity index (χ1) is 12.6. The first-order valence-corrected chi connectivity index (χ1v) is 8.83. The van der Waals surface area contributed by atoms with Crippen molar-refractivity contribution in [1.29, 1.82) is 0 Å². The van der Waals surface area contributed by atoms with E-state index in [1.54, 1.807) is 18.1 Å². The average Bonchev–Trinajstić information content (AvgIpc) is 3.25. The summed E-state index contributed by atoms with van der Waals surface area (Å²) in [6.45, 7) is 3.43. The van der Waals surface area contributed by atoms with Gasteiger partial charge < -0.3 is 4.90 Å². The highest BCUT2D eigenvalue weighted by Crippen LogP contribution is 2.16. The van der Waals surface area contributed by atoms with Gasteiger partial charge in [0.15, 0.2) is 5.65 Å². The van der Waals surface area contributed by atoms with Gasteiger partial charge in [-0.1, -0.05) is 24.3 Å². The average molecular weight is 351 g/mol. The Balaban J connectivity index is 1.75. The lowest BCUT2D eigenvalue weighted by Crippen LogP contribution is -2.38. The van der Waals surface area contributed by atoms with E-state index >= 15 is 0 Å². The summed E-state index contributed by atoms with van der Waals surface area (Å²) in [6, 6.07) is 7.80. The van der Waals surface area contributed by atoms with Crippen LogP contribution in [0.15, 0.2) is 35.3 Å². The lowest BCUT2D eigenvalue weighted by atomic mass is 10.1. The SMILES string of the molecule is Cc1ccccc1Cc1ncc2c(n1)n(C)c(=O)n2C(=O)N1CCCC1. The molecule has 1 amide bonds. The number of carbonyl (C=O) groups excluding carboxylic acids is 1. The highest BCUT2D eigenvalue weighted by atomic mass is 16.2. The first-order valence-electron chi connectivity index (χ1n) is 8.83. The lowest BCUT2D eigenvalue weighted by molar-refractivity contribution is 0.210. The molecule has 0 saturated carbocycles. The Morgan fingerprint density at radius 3 is 2.65 bits per heavy atom. The number of hydrogen-bond acceptors (Lipinski definition) is 4. The predicted molar refractivity (Wildman–Crippen MR) is 98.4 cm³/mol. The van der Waals surface area contributed by atoms with Crippen LogP contribution in [0.25, 0.3) is 11.2 Å². The standard InChI is InChI=1S/C19H21N5O2/c1-13-7-3-4-8-14(13)11-16-20-12-15-17(21-16)22(2)18(25)24(15)19(26)23-9-5-6-10-23/h3-4,7-8,12H,5-6,9-11H2,1-2H3. The zero-order valence-corrected chi connectivity index (χ0v) is 15.0. The molecule has 0 atom stereocenters. The molecule has 1 saturated heterocycles. The van der Waals surface area contributed by atoms with Gasteiger partial charge in [-0.15, -0.1) is 0 Å². The van der Waals surface area contributed by atoms with E-state index in [9.17, 15) is 9.59 Å². The lowest BCUT2D eigenvalue weighted by Gasteiger charge is -2.14. The van der Waals surface area contributed by atoms with Crippen molar-refractivity contribution in [2.75, 3.05) is 13.1 Å². The molecule has 0 bridgehead atoms. The number of aromatic nitrogens is 4. The van der Waals surface area contributed by atoms with E-state index in [1.165, 1.54) is 14.7 Å². The summed E-state index contributed by atoms with van der Waals surface area (Å²) in [6.07, 6.45) is 4.12. The Morgan fingerprint density at radius 2 is 1.92 bits per heavy atom. The van der Waals surface area contributed by atoms with E-state index in [1.807, 2.05) is 18.2 Å². The normalized spacial score (nSPS) is 14.3. The second-order valence-corrected chi connectivity index (χ2v) is 6.75. The van der Waals surface area contributed by atoms with Gasteiger partial charge in [-0.3, -0.25) is 4.57 Å². The second-order valence-electron chi connectivity index (χ2n) is 6.75. The molecule has 0 N–H and O–H groups in total. The van der Waals surface area contributed by atoms with Crippen molar-refractivity contribution >= 4 is 17.2 Å². The van der Waals surface area contributed by atoms with Crippen LogP contribution in [0.2, 0.25) is 0 Å². The number of carbonyl (C=O) groups is 1. The molecule has 1 aliphatic rings. The van der Waals surface area contributed by atoms with Crippen LogP contribution < -0.4 is 5.69 Å². The fraction of sp³-hybridized carbons (Fsp3) is 0.368. The van der Waals surface area contributed by atoms with Gasteiger partial charge in [0.25, 0.3) is 0 Å². The molecule has 1 aromatic carbocycles. The molecule has 0 spiro atoms. The maximum atomic E-state index is 12.7. The molecule has 0 aliphatic carbocycles. The van der Waals surface area contributed by atoms with Crippen molar-refractivity contribution in [3.8, 4) is 0 Å². The van der Waals surface area contributed by atoms with Gasteiger partial charge in [0.1, 0.15) is 11.3 Å². The van der Waals surface area contributed by atoms with Gasteiger partial charge in [0.05, 0.1) is 6.20 Å². The minimum absolute atomic E-state index is 0.284. The molecular weight excluding hydrogens is 330 g/mol. The van der Waals surface area contributed by atoms with Crippen LogP contribution in [-0.4, -0.2) is 43.1 Å². The van der Waals surface area contributed by atoms with E-state index in [-0.39, 0.29) is 11.7 Å². The molecule has 7 heteroatoms. The van der Waals surface area contributed by atoms with E-state index in [0.717, 1.165) is 18.4 Å². The third-order valence-electron chi connectivity index (χ3n) is 5.01. The number of imidazole rings is 1. The fourth-order valence-electron chi connectivity index (χ4n) is 3.45. The van der Waals surface area contributed by atoms with Crippen molar-refractivity contribution in [3.05, 3.63) is 57.9 Å². The summed E-state index contributed by atoms with van der Waals surface area (Å²) < 4.78 is 2.62. The quantitative estimate of drug-likeness (QED) is 0.709. The Bertz CT molecular complexity index is 1040. The number of fused-ring (bicyclic) bond motifs is 1. The Morgan fingerprint density at radius 1 is 1.19 bits per heavy atom. The molecule has 1 fully saturated rings. The van der Waals surface area contributed by atoms with Gasteiger partial charge in [0.2, 0.25) is 0 Å². The van der Waals surface area contributed by atoms with Gasteiger partial charge >= 0.3 is 11.7 Å². The molecule has 1 aliphatic heterocycles. The summed E-state index contributed by atoms with van der Waals surface area (Å²) in [5.41, 5.74) is 2.89. The van der Waals surface area contributed by atoms with Crippen LogP contribution in [0, 0.1) is 6.92 Å². The van der Waals surface area contributed by atoms with Crippen molar-refractivity contribution < 1.29 is 4.79 Å². The van der Waals surface area contributed by atoms with E-state index in [2.05, 4.69) is 23.0 Å². The highest BCUT2D eigenvalue weighted by Gasteiger charge is 2.25. The molecule has 2 aromatic heterocycles.